The molecule has 0 spiro atoms. The van der Waals surface area contributed by atoms with Gasteiger partial charge < -0.3 is 10.6 Å². The Morgan fingerprint density at radius 1 is 1.47 bits per heavy atom. The third-order valence-electron chi connectivity index (χ3n) is 2.49. The summed E-state index contributed by atoms with van der Waals surface area (Å²) in [5.41, 5.74) is 1.12. The van der Waals surface area contributed by atoms with Gasteiger partial charge in [0.15, 0.2) is 0 Å². The summed E-state index contributed by atoms with van der Waals surface area (Å²) in [4.78, 5) is 21.7. The normalized spacial score (nSPS) is 11.9. The number of benzene rings is 1. The number of carbonyl (C=O) groups excluding carboxylic acids is 1. The van der Waals surface area contributed by atoms with Crippen LogP contribution >= 0.6 is 0 Å². The van der Waals surface area contributed by atoms with E-state index in [0.717, 1.165) is 0 Å². The van der Waals surface area contributed by atoms with E-state index in [-0.39, 0.29) is 17.6 Å². The van der Waals surface area contributed by atoms with Gasteiger partial charge in [-0.15, -0.1) is 0 Å². The van der Waals surface area contributed by atoms with Crippen LogP contribution in [0, 0.1) is 17.0 Å². The minimum Gasteiger partial charge on any atom is -0.325 e. The van der Waals surface area contributed by atoms with Gasteiger partial charge in [-0.25, -0.2) is 0 Å². The van der Waals surface area contributed by atoms with Gasteiger partial charge in [-0.3, -0.25) is 14.9 Å². The maximum absolute atomic E-state index is 11.6. The van der Waals surface area contributed by atoms with Crippen LogP contribution in [0.4, 0.5) is 11.4 Å². The number of nitrogens with one attached hydrogen (secondary N) is 2. The molecule has 0 fully saturated rings. The number of hydrogen-bond donors (Lipinski definition) is 2. The van der Waals surface area contributed by atoms with E-state index in [0.29, 0.717) is 11.3 Å². The predicted molar refractivity (Wildman–Crippen MR) is 65.0 cm³/mol. The second-order valence-electron chi connectivity index (χ2n) is 3.76. The number of carbonyl (C=O) groups is 1. The number of amides is 1. The minimum atomic E-state index is -0.447. The third kappa shape index (κ3) is 3.25. The molecule has 1 atom stereocenters. The molecule has 0 aliphatic heterocycles. The van der Waals surface area contributed by atoms with E-state index in [4.69, 9.17) is 0 Å². The summed E-state index contributed by atoms with van der Waals surface area (Å²) in [7, 11) is 1.69. The van der Waals surface area contributed by atoms with Crippen molar-refractivity contribution in [2.24, 2.45) is 0 Å². The topological polar surface area (TPSA) is 84.3 Å². The molecule has 0 saturated heterocycles. The van der Waals surface area contributed by atoms with Crippen molar-refractivity contribution in [3.63, 3.8) is 0 Å². The van der Waals surface area contributed by atoms with Crippen molar-refractivity contribution in [1.29, 1.82) is 0 Å². The lowest BCUT2D eigenvalue weighted by Crippen LogP contribution is -2.35. The Balaban J connectivity index is 2.84. The predicted octanol–water partition coefficient (Wildman–Crippen LogP) is 1.45. The average Bonchev–Trinajstić information content (AvgIpc) is 2.27. The van der Waals surface area contributed by atoms with Crippen LogP contribution in [-0.2, 0) is 4.79 Å². The number of nitro benzene ring substituents is 1. The Labute approximate surface area is 99.2 Å². The monoisotopic (exact) mass is 237 g/mol. The van der Waals surface area contributed by atoms with Gasteiger partial charge in [0.1, 0.15) is 0 Å². The summed E-state index contributed by atoms with van der Waals surface area (Å²) in [6.45, 7) is 3.36. The summed E-state index contributed by atoms with van der Waals surface area (Å²) in [6.07, 6.45) is 0. The Kier molecular flexibility index (Phi) is 4.17. The van der Waals surface area contributed by atoms with E-state index >= 15 is 0 Å². The number of aryl methyl sites for hydroxylation is 1. The first kappa shape index (κ1) is 13.1. The maximum Gasteiger partial charge on any atom is 0.272 e. The van der Waals surface area contributed by atoms with E-state index in [2.05, 4.69) is 10.6 Å². The average molecular weight is 237 g/mol. The molecule has 6 heteroatoms. The van der Waals surface area contributed by atoms with Gasteiger partial charge >= 0.3 is 0 Å². The number of likely N-dealkylation sites (N-methyl/N-ethyl adjacent to an activating group) is 1. The number of anilines is 1. The fourth-order valence-electron chi connectivity index (χ4n) is 1.32. The molecule has 1 aromatic rings. The minimum absolute atomic E-state index is 0.0460. The van der Waals surface area contributed by atoms with Crippen LogP contribution in [0.2, 0.25) is 0 Å². The van der Waals surface area contributed by atoms with E-state index in [9.17, 15) is 14.9 Å². The second-order valence-corrected chi connectivity index (χ2v) is 3.76. The molecule has 17 heavy (non-hydrogen) atoms. The van der Waals surface area contributed by atoms with Crippen LogP contribution < -0.4 is 10.6 Å². The molecule has 0 aliphatic carbocycles. The van der Waals surface area contributed by atoms with Gasteiger partial charge in [0.25, 0.3) is 5.69 Å². The van der Waals surface area contributed by atoms with E-state index in [1.54, 1.807) is 27.0 Å². The molecule has 0 aliphatic rings. The molecule has 0 aromatic heterocycles. The fraction of sp³-hybridized carbons (Fsp3) is 0.364. The maximum atomic E-state index is 11.6. The molecule has 0 radical (unpaired) electrons. The van der Waals surface area contributed by atoms with Gasteiger partial charge in [-0.05, 0) is 33.0 Å². The lowest BCUT2D eigenvalue weighted by Gasteiger charge is -2.11. The zero-order chi connectivity index (χ0) is 13.0. The first-order valence-electron chi connectivity index (χ1n) is 5.19. The zero-order valence-electron chi connectivity index (χ0n) is 9.98. The fourth-order valence-corrected chi connectivity index (χ4v) is 1.32. The van der Waals surface area contributed by atoms with Crippen molar-refractivity contribution in [2.45, 2.75) is 19.9 Å². The van der Waals surface area contributed by atoms with Crippen LogP contribution in [0.1, 0.15) is 12.5 Å². The Morgan fingerprint density at radius 3 is 2.59 bits per heavy atom. The summed E-state index contributed by atoms with van der Waals surface area (Å²) < 4.78 is 0. The Bertz CT molecular complexity index is 446. The standard InChI is InChI=1S/C11H15N3O3/c1-7-6-9(4-5-10(7)14(16)17)13-11(15)8(2)12-3/h4-6,8,12H,1-3H3,(H,13,15). The van der Waals surface area contributed by atoms with Crippen LogP contribution in [0.5, 0.6) is 0 Å². The highest BCUT2D eigenvalue weighted by molar-refractivity contribution is 5.94. The SMILES string of the molecule is CNC(C)C(=O)Nc1ccc([N+](=O)[O-])c(C)c1. The first-order valence-corrected chi connectivity index (χ1v) is 5.19. The number of nitro groups is 1. The van der Waals surface area contributed by atoms with E-state index < -0.39 is 4.92 Å². The molecule has 1 amide bonds. The highest BCUT2D eigenvalue weighted by Gasteiger charge is 2.13. The molecule has 1 aromatic carbocycles. The lowest BCUT2D eigenvalue weighted by atomic mass is 10.2. The summed E-state index contributed by atoms with van der Waals surface area (Å²) >= 11 is 0. The molecule has 0 saturated carbocycles. The second kappa shape index (κ2) is 5.40. The van der Waals surface area contributed by atoms with Gasteiger partial charge in [-0.2, -0.15) is 0 Å². The largest absolute Gasteiger partial charge is 0.325 e. The first-order chi connectivity index (χ1) is 7.95. The quantitative estimate of drug-likeness (QED) is 0.613. The number of rotatable bonds is 4. The highest BCUT2D eigenvalue weighted by atomic mass is 16.6. The van der Waals surface area contributed by atoms with Crippen molar-refractivity contribution in [3.05, 3.63) is 33.9 Å². The van der Waals surface area contributed by atoms with Crippen LogP contribution in [0.3, 0.4) is 0 Å². The molecule has 6 nitrogen and oxygen atoms in total. The van der Waals surface area contributed by atoms with Crippen LogP contribution in [-0.4, -0.2) is 23.9 Å². The highest BCUT2D eigenvalue weighted by Crippen LogP contribution is 2.21. The van der Waals surface area contributed by atoms with Gasteiger partial charge in [0.2, 0.25) is 5.91 Å². The van der Waals surface area contributed by atoms with Gasteiger partial charge in [0, 0.05) is 17.3 Å². The van der Waals surface area contributed by atoms with Crippen molar-refractivity contribution < 1.29 is 9.72 Å². The number of hydrogen-bond acceptors (Lipinski definition) is 4. The van der Waals surface area contributed by atoms with Crippen molar-refractivity contribution in [3.8, 4) is 0 Å². The van der Waals surface area contributed by atoms with Gasteiger partial charge in [0.05, 0.1) is 11.0 Å². The molecule has 0 heterocycles. The molecule has 2 N–H and O–H groups in total. The molecule has 0 bridgehead atoms. The summed E-state index contributed by atoms with van der Waals surface area (Å²) in [5, 5.41) is 16.1. The molecule has 1 rings (SSSR count). The Morgan fingerprint density at radius 2 is 2.12 bits per heavy atom. The number of nitrogens with zero attached hydrogens (tertiary/aromatic N) is 1. The van der Waals surface area contributed by atoms with E-state index in [1.165, 1.54) is 12.1 Å². The molecule has 1 unspecified atom stereocenters. The molecular weight excluding hydrogens is 222 g/mol. The Hall–Kier alpha value is -1.95. The zero-order valence-corrected chi connectivity index (χ0v) is 9.98. The molecular formula is C11H15N3O3. The van der Waals surface area contributed by atoms with E-state index in [1.807, 2.05) is 0 Å². The molecule has 92 valence electrons. The summed E-state index contributed by atoms with van der Waals surface area (Å²) in [6, 6.07) is 4.17. The van der Waals surface area contributed by atoms with Gasteiger partial charge in [-0.1, -0.05) is 0 Å². The van der Waals surface area contributed by atoms with Crippen molar-refractivity contribution in [1.82, 2.24) is 5.32 Å². The van der Waals surface area contributed by atoms with Crippen molar-refractivity contribution in [2.75, 3.05) is 12.4 Å². The van der Waals surface area contributed by atoms with Crippen LogP contribution in [0.25, 0.3) is 0 Å². The third-order valence-corrected chi connectivity index (χ3v) is 2.49. The summed E-state index contributed by atoms with van der Waals surface area (Å²) in [5.74, 6) is -0.180. The van der Waals surface area contributed by atoms with Crippen LogP contribution in [0.15, 0.2) is 18.2 Å². The lowest BCUT2D eigenvalue weighted by molar-refractivity contribution is -0.385. The smallest absolute Gasteiger partial charge is 0.272 e. The van der Waals surface area contributed by atoms with Crippen molar-refractivity contribution >= 4 is 17.3 Å².